The van der Waals surface area contributed by atoms with E-state index in [2.05, 4.69) is 25.3 Å². The highest BCUT2D eigenvalue weighted by Crippen LogP contribution is 2.34. The molecule has 26 heavy (non-hydrogen) atoms. The minimum atomic E-state index is -0.600. The molecule has 4 aromatic heterocycles. The third kappa shape index (κ3) is 2.41. The van der Waals surface area contributed by atoms with Gasteiger partial charge in [-0.3, -0.25) is 0 Å². The molecule has 132 valence electrons. The summed E-state index contributed by atoms with van der Waals surface area (Å²) < 4.78 is 15.9. The van der Waals surface area contributed by atoms with Crippen molar-refractivity contribution in [2.24, 2.45) is 0 Å². The number of aliphatic hydroxyl groups is 1. The Morgan fingerprint density at radius 1 is 1.38 bits per heavy atom. The monoisotopic (exact) mass is 352 g/mol. The molecule has 0 aromatic carbocycles. The topological polar surface area (TPSA) is 91.1 Å². The van der Waals surface area contributed by atoms with Crippen molar-refractivity contribution in [1.29, 1.82) is 0 Å². The minimum absolute atomic E-state index is 0.176. The third-order valence-electron chi connectivity index (χ3n) is 4.89. The molecule has 1 aliphatic carbocycles. The Kier molecular flexibility index (Phi) is 3.08. The fourth-order valence-corrected chi connectivity index (χ4v) is 3.64. The quantitative estimate of drug-likeness (QED) is 0.527. The molecule has 1 saturated carbocycles. The number of aromatic nitrogens is 5. The Bertz CT molecular complexity index is 1120. The number of H-pyrrole nitrogens is 1. The summed E-state index contributed by atoms with van der Waals surface area (Å²) in [6.45, 7) is 1.82. The number of fused-ring (bicyclic) bond motifs is 2. The number of imidazole rings is 1. The average molecular weight is 352 g/mol. The predicted octanol–water partition coefficient (Wildman–Crippen LogP) is 2.74. The highest BCUT2D eigenvalue weighted by molar-refractivity contribution is 5.93. The lowest BCUT2D eigenvalue weighted by molar-refractivity contribution is -0.0235. The summed E-state index contributed by atoms with van der Waals surface area (Å²) in [5.74, 6) is 0.140. The van der Waals surface area contributed by atoms with Crippen LogP contribution in [-0.2, 0) is 0 Å². The zero-order valence-electron chi connectivity index (χ0n) is 14.1. The average Bonchev–Trinajstić information content (AvgIpc) is 3.19. The van der Waals surface area contributed by atoms with E-state index < -0.39 is 5.60 Å². The van der Waals surface area contributed by atoms with Crippen LogP contribution in [-0.4, -0.2) is 41.1 Å². The smallest absolute Gasteiger partial charge is 0.224 e. The maximum Gasteiger partial charge on any atom is 0.224 e. The van der Waals surface area contributed by atoms with Crippen molar-refractivity contribution in [3.05, 3.63) is 42.9 Å². The Labute approximate surface area is 147 Å². The van der Waals surface area contributed by atoms with Crippen LogP contribution in [0.15, 0.2) is 37.1 Å². The van der Waals surface area contributed by atoms with E-state index in [1.807, 2.05) is 13.1 Å². The van der Waals surface area contributed by atoms with Crippen LogP contribution in [0, 0.1) is 5.82 Å². The molecular weight excluding hydrogens is 335 g/mol. The van der Waals surface area contributed by atoms with Crippen molar-refractivity contribution in [2.75, 3.05) is 5.32 Å². The van der Waals surface area contributed by atoms with Crippen molar-refractivity contribution < 1.29 is 9.50 Å². The molecule has 7 nitrogen and oxygen atoms in total. The molecule has 0 atom stereocenters. The molecule has 1 aliphatic rings. The van der Waals surface area contributed by atoms with E-state index in [-0.39, 0.29) is 11.9 Å². The molecular formula is C18H17FN6O. The minimum Gasteiger partial charge on any atom is -0.390 e. The molecule has 4 heterocycles. The standard InChI is InChI=1S/C18H17FN6O/c1-18(26)5-11(6-18)23-17-22-8-13-12(7-21-15(13)24-17)10-4-14(19)16-20-2-3-25(16)9-10/h2-4,7-9,11,26H,5-6H2,1H3,(H2,21,22,23,24)/t11-,18+. The molecule has 0 aliphatic heterocycles. The summed E-state index contributed by atoms with van der Waals surface area (Å²) >= 11 is 0. The number of hydrogen-bond acceptors (Lipinski definition) is 5. The van der Waals surface area contributed by atoms with Crippen molar-refractivity contribution in [2.45, 2.75) is 31.4 Å². The number of aromatic amines is 1. The third-order valence-corrected chi connectivity index (χ3v) is 4.89. The largest absolute Gasteiger partial charge is 0.390 e. The van der Waals surface area contributed by atoms with Crippen LogP contribution in [0.3, 0.4) is 0 Å². The van der Waals surface area contributed by atoms with E-state index >= 15 is 0 Å². The van der Waals surface area contributed by atoms with Crippen molar-refractivity contribution in [3.63, 3.8) is 0 Å². The molecule has 0 radical (unpaired) electrons. The van der Waals surface area contributed by atoms with E-state index in [1.54, 1.807) is 29.2 Å². The molecule has 3 N–H and O–H groups in total. The van der Waals surface area contributed by atoms with Gasteiger partial charge in [-0.1, -0.05) is 0 Å². The number of pyridine rings is 1. The summed E-state index contributed by atoms with van der Waals surface area (Å²) in [7, 11) is 0. The first kappa shape index (κ1) is 15.3. The van der Waals surface area contributed by atoms with Crippen LogP contribution in [0.25, 0.3) is 27.8 Å². The number of nitrogens with zero attached hydrogens (tertiary/aromatic N) is 4. The second-order valence-electron chi connectivity index (χ2n) is 7.14. The molecule has 0 saturated heterocycles. The Balaban J connectivity index is 1.49. The van der Waals surface area contributed by atoms with Crippen LogP contribution in [0.2, 0.25) is 0 Å². The Hall–Kier alpha value is -3.00. The van der Waals surface area contributed by atoms with Gasteiger partial charge in [-0.15, -0.1) is 0 Å². The van der Waals surface area contributed by atoms with Gasteiger partial charge >= 0.3 is 0 Å². The van der Waals surface area contributed by atoms with Gasteiger partial charge in [0.1, 0.15) is 5.65 Å². The van der Waals surface area contributed by atoms with Gasteiger partial charge in [0.25, 0.3) is 0 Å². The molecule has 0 amide bonds. The molecule has 5 rings (SSSR count). The van der Waals surface area contributed by atoms with Crippen molar-refractivity contribution in [3.8, 4) is 11.1 Å². The van der Waals surface area contributed by atoms with E-state index in [0.717, 1.165) is 16.5 Å². The van der Waals surface area contributed by atoms with Crippen LogP contribution >= 0.6 is 0 Å². The fourth-order valence-electron chi connectivity index (χ4n) is 3.64. The molecule has 4 aromatic rings. The van der Waals surface area contributed by atoms with Crippen LogP contribution < -0.4 is 5.32 Å². The summed E-state index contributed by atoms with van der Waals surface area (Å²) in [6, 6.07) is 1.64. The van der Waals surface area contributed by atoms with Crippen LogP contribution in [0.1, 0.15) is 19.8 Å². The number of nitrogens with one attached hydrogen (secondary N) is 2. The van der Waals surface area contributed by atoms with E-state index in [4.69, 9.17) is 0 Å². The number of anilines is 1. The zero-order valence-corrected chi connectivity index (χ0v) is 14.1. The van der Waals surface area contributed by atoms with E-state index in [0.29, 0.717) is 30.1 Å². The number of hydrogen-bond donors (Lipinski definition) is 3. The second kappa shape index (κ2) is 5.25. The highest BCUT2D eigenvalue weighted by atomic mass is 19.1. The summed E-state index contributed by atoms with van der Waals surface area (Å²) in [6.07, 6.45) is 9.98. The molecule has 0 unspecified atom stereocenters. The van der Waals surface area contributed by atoms with Gasteiger partial charge in [-0.25, -0.2) is 14.4 Å². The molecule has 8 heteroatoms. The first-order chi connectivity index (χ1) is 12.5. The van der Waals surface area contributed by atoms with Gasteiger partial charge in [-0.2, -0.15) is 4.98 Å². The SMILES string of the molecule is C[C@]1(O)C[C@@H](Nc2ncc3c(-c4cc(F)c5nccn5c4)c[nH]c3n2)C1. The predicted molar refractivity (Wildman–Crippen MR) is 95.3 cm³/mol. The van der Waals surface area contributed by atoms with E-state index in [1.165, 1.54) is 6.07 Å². The van der Waals surface area contributed by atoms with Crippen LogP contribution in [0.5, 0.6) is 0 Å². The van der Waals surface area contributed by atoms with Gasteiger partial charge in [0, 0.05) is 53.5 Å². The van der Waals surface area contributed by atoms with Gasteiger partial charge in [-0.05, 0) is 25.8 Å². The zero-order chi connectivity index (χ0) is 17.9. The molecule has 0 spiro atoms. The summed E-state index contributed by atoms with van der Waals surface area (Å²) in [5.41, 5.74) is 1.92. The first-order valence-electron chi connectivity index (χ1n) is 8.44. The summed E-state index contributed by atoms with van der Waals surface area (Å²) in [5, 5.41) is 13.9. The lowest BCUT2D eigenvalue weighted by Crippen LogP contribution is -2.48. The number of halogens is 1. The van der Waals surface area contributed by atoms with Gasteiger partial charge in [0.15, 0.2) is 11.5 Å². The normalized spacial score (nSPS) is 22.7. The van der Waals surface area contributed by atoms with Gasteiger partial charge in [0.2, 0.25) is 5.95 Å². The van der Waals surface area contributed by atoms with Gasteiger partial charge < -0.3 is 19.8 Å². The summed E-state index contributed by atoms with van der Waals surface area (Å²) in [4.78, 5) is 16.0. The molecule has 0 bridgehead atoms. The van der Waals surface area contributed by atoms with Crippen molar-refractivity contribution >= 4 is 22.6 Å². The van der Waals surface area contributed by atoms with Gasteiger partial charge in [0.05, 0.1) is 5.60 Å². The maximum absolute atomic E-state index is 14.2. The fraction of sp³-hybridized carbons (Fsp3) is 0.278. The number of rotatable bonds is 3. The van der Waals surface area contributed by atoms with Crippen molar-refractivity contribution in [1.82, 2.24) is 24.3 Å². The first-order valence-corrected chi connectivity index (χ1v) is 8.44. The lowest BCUT2D eigenvalue weighted by atomic mass is 9.77. The Morgan fingerprint density at radius 3 is 3.04 bits per heavy atom. The highest BCUT2D eigenvalue weighted by Gasteiger charge is 2.38. The Morgan fingerprint density at radius 2 is 2.23 bits per heavy atom. The lowest BCUT2D eigenvalue weighted by Gasteiger charge is -2.41. The molecule has 1 fully saturated rings. The van der Waals surface area contributed by atoms with E-state index in [9.17, 15) is 9.50 Å². The van der Waals surface area contributed by atoms with Crippen LogP contribution in [0.4, 0.5) is 10.3 Å². The second-order valence-corrected chi connectivity index (χ2v) is 7.14. The maximum atomic E-state index is 14.2.